The zero-order valence-corrected chi connectivity index (χ0v) is 6.10. The van der Waals surface area contributed by atoms with Gasteiger partial charge in [0.05, 0.1) is 5.76 Å². The van der Waals surface area contributed by atoms with E-state index >= 15 is 0 Å². The Bertz CT molecular complexity index is 179. The molecule has 2 unspecified atom stereocenters. The first-order chi connectivity index (χ1) is 5.24. The standard InChI is InChI=1S/C7H11NO3/c9-6-3-1-5(2-4-6)7(10)8-11/h3,5,7,9-10H,1-2,4H2. The van der Waals surface area contributed by atoms with Crippen LogP contribution < -0.4 is 0 Å². The third kappa shape index (κ3) is 2.01. The van der Waals surface area contributed by atoms with Crippen LogP contribution in [-0.2, 0) is 0 Å². The van der Waals surface area contributed by atoms with Crippen LogP contribution in [0, 0.1) is 10.8 Å². The lowest BCUT2D eigenvalue weighted by Gasteiger charge is -2.19. The Balaban J connectivity index is 2.46. The van der Waals surface area contributed by atoms with Crippen LogP contribution in [0.3, 0.4) is 0 Å². The van der Waals surface area contributed by atoms with Crippen molar-refractivity contribution in [3.63, 3.8) is 0 Å². The summed E-state index contributed by atoms with van der Waals surface area (Å²) in [5, 5.41) is 20.5. The van der Waals surface area contributed by atoms with Crippen molar-refractivity contribution >= 4 is 0 Å². The normalized spacial score (nSPS) is 27.4. The molecule has 0 aromatic heterocycles. The van der Waals surface area contributed by atoms with E-state index < -0.39 is 6.23 Å². The number of aliphatic hydroxyl groups excluding tert-OH is 2. The molecule has 2 atom stereocenters. The monoisotopic (exact) mass is 157 g/mol. The SMILES string of the molecule is O=NC(O)C1CC=C(O)CC1. The maximum Gasteiger partial charge on any atom is 0.190 e. The van der Waals surface area contributed by atoms with E-state index in [-0.39, 0.29) is 5.92 Å². The Morgan fingerprint density at radius 3 is 2.91 bits per heavy atom. The van der Waals surface area contributed by atoms with Crippen LogP contribution in [-0.4, -0.2) is 16.4 Å². The van der Waals surface area contributed by atoms with E-state index in [4.69, 9.17) is 10.2 Å². The van der Waals surface area contributed by atoms with Crippen molar-refractivity contribution in [2.24, 2.45) is 11.1 Å². The molecule has 0 spiro atoms. The largest absolute Gasteiger partial charge is 0.513 e. The lowest BCUT2D eigenvalue weighted by atomic mass is 9.92. The van der Waals surface area contributed by atoms with Gasteiger partial charge in [0, 0.05) is 12.3 Å². The zero-order chi connectivity index (χ0) is 8.27. The van der Waals surface area contributed by atoms with Gasteiger partial charge in [-0.05, 0) is 24.1 Å². The van der Waals surface area contributed by atoms with Crippen LogP contribution in [0.25, 0.3) is 0 Å². The third-order valence-corrected chi connectivity index (χ3v) is 1.96. The van der Waals surface area contributed by atoms with Gasteiger partial charge in [0.1, 0.15) is 0 Å². The predicted molar refractivity (Wildman–Crippen MR) is 39.9 cm³/mol. The second-order valence-electron chi connectivity index (χ2n) is 2.75. The fraction of sp³-hybridized carbons (Fsp3) is 0.714. The minimum Gasteiger partial charge on any atom is -0.513 e. The Kier molecular flexibility index (Phi) is 2.59. The van der Waals surface area contributed by atoms with Crippen LogP contribution in [0.2, 0.25) is 0 Å². The first-order valence-electron chi connectivity index (χ1n) is 3.62. The number of hydrogen-bond acceptors (Lipinski definition) is 4. The summed E-state index contributed by atoms with van der Waals surface area (Å²) in [5.74, 6) is 0.239. The summed E-state index contributed by atoms with van der Waals surface area (Å²) < 4.78 is 0. The van der Waals surface area contributed by atoms with Crippen LogP contribution in [0.5, 0.6) is 0 Å². The Hall–Kier alpha value is -0.900. The lowest BCUT2D eigenvalue weighted by molar-refractivity contribution is 0.104. The molecule has 0 saturated carbocycles. The average Bonchev–Trinajstić information content (AvgIpc) is 2.05. The van der Waals surface area contributed by atoms with Crippen LogP contribution in [0.15, 0.2) is 17.0 Å². The van der Waals surface area contributed by atoms with Crippen LogP contribution >= 0.6 is 0 Å². The average molecular weight is 157 g/mol. The summed E-state index contributed by atoms with van der Waals surface area (Å²) in [7, 11) is 0. The van der Waals surface area contributed by atoms with E-state index in [1.807, 2.05) is 0 Å². The van der Waals surface area contributed by atoms with E-state index in [0.717, 1.165) is 0 Å². The van der Waals surface area contributed by atoms with E-state index in [1.165, 1.54) is 0 Å². The Labute approximate surface area is 64.5 Å². The van der Waals surface area contributed by atoms with Gasteiger partial charge < -0.3 is 10.2 Å². The highest BCUT2D eigenvalue weighted by Gasteiger charge is 2.21. The first kappa shape index (κ1) is 8.20. The first-order valence-corrected chi connectivity index (χ1v) is 3.62. The molecule has 0 saturated heterocycles. The van der Waals surface area contributed by atoms with Gasteiger partial charge in [-0.15, -0.1) is 4.91 Å². The van der Waals surface area contributed by atoms with Crippen molar-refractivity contribution in [3.8, 4) is 0 Å². The predicted octanol–water partition coefficient (Wildman–Crippen LogP) is 1.31. The topological polar surface area (TPSA) is 69.9 Å². The molecular weight excluding hydrogens is 146 g/mol. The van der Waals surface area contributed by atoms with Gasteiger partial charge in [0.15, 0.2) is 6.23 Å². The van der Waals surface area contributed by atoms with Gasteiger partial charge >= 0.3 is 0 Å². The van der Waals surface area contributed by atoms with Crippen molar-refractivity contribution in [1.29, 1.82) is 0 Å². The number of nitrogens with zero attached hydrogens (tertiary/aromatic N) is 1. The van der Waals surface area contributed by atoms with Crippen LogP contribution in [0.4, 0.5) is 0 Å². The molecule has 1 aliphatic rings. The summed E-state index contributed by atoms with van der Waals surface area (Å²) in [6, 6.07) is 0. The highest BCUT2D eigenvalue weighted by Crippen LogP contribution is 2.24. The Morgan fingerprint density at radius 1 is 1.73 bits per heavy atom. The van der Waals surface area contributed by atoms with Gasteiger partial charge in [0.25, 0.3) is 0 Å². The molecule has 0 heterocycles. The molecule has 1 aliphatic carbocycles. The summed E-state index contributed by atoms with van der Waals surface area (Å²) in [6.45, 7) is 0. The molecule has 62 valence electrons. The highest BCUT2D eigenvalue weighted by molar-refractivity contribution is 4.98. The quantitative estimate of drug-likeness (QED) is 0.594. The summed E-state index contributed by atoms with van der Waals surface area (Å²) in [6.07, 6.45) is 2.23. The Morgan fingerprint density at radius 2 is 2.45 bits per heavy atom. The molecule has 0 fully saturated rings. The van der Waals surface area contributed by atoms with E-state index in [0.29, 0.717) is 25.0 Å². The van der Waals surface area contributed by atoms with Gasteiger partial charge in [-0.1, -0.05) is 0 Å². The second-order valence-corrected chi connectivity index (χ2v) is 2.75. The van der Waals surface area contributed by atoms with Gasteiger partial charge in [-0.25, -0.2) is 0 Å². The zero-order valence-electron chi connectivity index (χ0n) is 6.10. The van der Waals surface area contributed by atoms with E-state index in [2.05, 4.69) is 5.18 Å². The molecule has 4 heteroatoms. The molecule has 0 aliphatic heterocycles. The molecule has 4 nitrogen and oxygen atoms in total. The molecule has 0 amide bonds. The fourth-order valence-electron chi connectivity index (χ4n) is 1.20. The van der Waals surface area contributed by atoms with E-state index in [1.54, 1.807) is 6.08 Å². The number of aliphatic hydroxyl groups is 2. The fourth-order valence-corrected chi connectivity index (χ4v) is 1.20. The van der Waals surface area contributed by atoms with Gasteiger partial charge in [-0.3, -0.25) is 0 Å². The van der Waals surface area contributed by atoms with Crippen molar-refractivity contribution in [1.82, 2.24) is 0 Å². The molecule has 0 bridgehead atoms. The van der Waals surface area contributed by atoms with Crippen molar-refractivity contribution in [3.05, 3.63) is 16.7 Å². The van der Waals surface area contributed by atoms with Crippen molar-refractivity contribution in [2.45, 2.75) is 25.5 Å². The summed E-state index contributed by atoms with van der Waals surface area (Å²) in [4.78, 5) is 9.90. The smallest absolute Gasteiger partial charge is 0.190 e. The molecule has 11 heavy (non-hydrogen) atoms. The minimum absolute atomic E-state index is 0.108. The molecule has 2 N–H and O–H groups in total. The second kappa shape index (κ2) is 3.48. The summed E-state index contributed by atoms with van der Waals surface area (Å²) in [5.41, 5.74) is 0. The van der Waals surface area contributed by atoms with E-state index in [9.17, 15) is 4.91 Å². The number of nitroso groups, excluding NO2 is 1. The van der Waals surface area contributed by atoms with Crippen molar-refractivity contribution < 1.29 is 10.2 Å². The summed E-state index contributed by atoms with van der Waals surface area (Å²) >= 11 is 0. The van der Waals surface area contributed by atoms with Gasteiger partial charge in [0.2, 0.25) is 0 Å². The molecular formula is C7H11NO3. The third-order valence-electron chi connectivity index (χ3n) is 1.96. The maximum atomic E-state index is 9.90. The lowest BCUT2D eigenvalue weighted by Crippen LogP contribution is -2.19. The minimum atomic E-state index is -1.11. The molecule has 0 aromatic carbocycles. The molecule has 0 radical (unpaired) electrons. The number of allylic oxidation sites excluding steroid dienone is 2. The number of hydrogen-bond donors (Lipinski definition) is 2. The van der Waals surface area contributed by atoms with Gasteiger partial charge in [-0.2, -0.15) is 0 Å². The molecule has 1 rings (SSSR count). The van der Waals surface area contributed by atoms with Crippen LogP contribution in [0.1, 0.15) is 19.3 Å². The molecule has 0 aromatic rings. The van der Waals surface area contributed by atoms with Crippen molar-refractivity contribution in [2.75, 3.05) is 0 Å². The highest BCUT2D eigenvalue weighted by atomic mass is 16.3. The number of rotatable bonds is 2. The maximum absolute atomic E-state index is 9.90.